The Balaban J connectivity index is 2.30. The zero-order valence-corrected chi connectivity index (χ0v) is 11.7. The maximum atomic E-state index is 10.7. The minimum Gasteiger partial charge on any atom is -0.497 e. The topological polar surface area (TPSA) is 35.5 Å². The first-order chi connectivity index (χ1) is 9.80. The van der Waals surface area contributed by atoms with E-state index < -0.39 is 0 Å². The monoisotopic (exact) mass is 272 g/mol. The molecule has 0 spiro atoms. The van der Waals surface area contributed by atoms with Gasteiger partial charge in [-0.15, -0.1) is 6.58 Å². The molecule has 20 heavy (non-hydrogen) atoms. The lowest BCUT2D eigenvalue weighted by atomic mass is 10.2. The summed E-state index contributed by atoms with van der Waals surface area (Å²) in [5.41, 5.74) is 1.79. The Morgan fingerprint density at radius 2 is 2.05 bits per heavy atom. The molecule has 106 valence electrons. The van der Waals surface area contributed by atoms with Gasteiger partial charge in [-0.25, -0.2) is 0 Å². The molecular weight excluding hydrogens is 252 g/mol. The molecule has 0 N–H and O–H groups in total. The van der Waals surface area contributed by atoms with E-state index in [9.17, 15) is 4.79 Å². The molecule has 0 bridgehead atoms. The number of methoxy groups -OCH3 is 1. The van der Waals surface area contributed by atoms with Gasteiger partial charge in [0.2, 0.25) is 0 Å². The number of aldehydes is 1. The Morgan fingerprint density at radius 3 is 2.65 bits per heavy atom. The summed E-state index contributed by atoms with van der Waals surface area (Å²) >= 11 is 0. The van der Waals surface area contributed by atoms with Crippen LogP contribution >= 0.6 is 0 Å². The van der Waals surface area contributed by atoms with Gasteiger partial charge in [0.1, 0.15) is 12.0 Å². The molecule has 0 unspecified atom stereocenters. The van der Waals surface area contributed by atoms with Crippen LogP contribution in [0.25, 0.3) is 0 Å². The Morgan fingerprint density at radius 1 is 1.30 bits per heavy atom. The molecule has 0 fully saturated rings. The molecule has 1 aromatic rings. The summed E-state index contributed by atoms with van der Waals surface area (Å²) in [6, 6.07) is 7.75. The van der Waals surface area contributed by atoms with Gasteiger partial charge < -0.3 is 9.47 Å². The van der Waals surface area contributed by atoms with Gasteiger partial charge >= 0.3 is 0 Å². The number of ether oxygens (including phenoxy) is 2. The van der Waals surface area contributed by atoms with Crippen LogP contribution in [0.3, 0.4) is 0 Å². The second kappa shape index (κ2) is 9.75. The molecule has 0 aliphatic carbocycles. The average Bonchev–Trinajstić information content (AvgIpc) is 2.50. The van der Waals surface area contributed by atoms with Crippen LogP contribution in [0.2, 0.25) is 0 Å². The largest absolute Gasteiger partial charge is 0.497 e. The van der Waals surface area contributed by atoms with Gasteiger partial charge in [-0.05, 0) is 29.7 Å². The maximum Gasteiger partial charge on any atom is 0.146 e. The first kappa shape index (κ1) is 15.9. The van der Waals surface area contributed by atoms with Crippen LogP contribution in [0.5, 0.6) is 5.75 Å². The lowest BCUT2D eigenvalue weighted by molar-refractivity contribution is -0.105. The summed E-state index contributed by atoms with van der Waals surface area (Å²) < 4.78 is 10.6. The normalized spacial score (nSPS) is 11.6. The van der Waals surface area contributed by atoms with Crippen molar-refractivity contribution in [3.8, 4) is 5.75 Å². The summed E-state index contributed by atoms with van der Waals surface area (Å²) in [5, 5.41) is 0. The van der Waals surface area contributed by atoms with Crippen molar-refractivity contribution in [3.63, 3.8) is 0 Å². The average molecular weight is 272 g/mol. The van der Waals surface area contributed by atoms with E-state index in [4.69, 9.17) is 9.47 Å². The standard InChI is InChI=1S/C17H20O3/c1-3-6-15(13-18)7-4-5-12-20-14-16-8-10-17(19-2)11-9-16/h3-5,7-11,13H,1,6,12,14H2,2H3/b5-4+,15-7-. The fourth-order valence-corrected chi connectivity index (χ4v) is 1.54. The predicted molar refractivity (Wildman–Crippen MR) is 80.8 cm³/mol. The third-order valence-electron chi connectivity index (χ3n) is 2.62. The number of carbonyl (C=O) groups is 1. The second-order valence-electron chi connectivity index (χ2n) is 4.14. The third-order valence-corrected chi connectivity index (χ3v) is 2.62. The van der Waals surface area contributed by atoms with Gasteiger partial charge in [0, 0.05) is 0 Å². The summed E-state index contributed by atoms with van der Waals surface area (Å²) in [4.78, 5) is 10.7. The number of rotatable bonds is 9. The van der Waals surface area contributed by atoms with Crippen LogP contribution in [0, 0.1) is 0 Å². The fourth-order valence-electron chi connectivity index (χ4n) is 1.54. The van der Waals surface area contributed by atoms with Crippen molar-refractivity contribution in [2.45, 2.75) is 13.0 Å². The summed E-state index contributed by atoms with van der Waals surface area (Å²) in [6.07, 6.45) is 8.59. The Hall–Kier alpha value is -2.13. The van der Waals surface area contributed by atoms with Crippen molar-refractivity contribution in [2.24, 2.45) is 0 Å². The Bertz CT molecular complexity index is 470. The van der Waals surface area contributed by atoms with Gasteiger partial charge in [-0.2, -0.15) is 0 Å². The van der Waals surface area contributed by atoms with Gasteiger partial charge in [0.15, 0.2) is 0 Å². The van der Waals surface area contributed by atoms with Gasteiger partial charge in [-0.3, -0.25) is 4.79 Å². The highest BCUT2D eigenvalue weighted by Gasteiger charge is 1.93. The van der Waals surface area contributed by atoms with Crippen LogP contribution in [-0.4, -0.2) is 20.0 Å². The van der Waals surface area contributed by atoms with E-state index in [1.54, 1.807) is 19.3 Å². The Kier molecular flexibility index (Phi) is 7.77. The maximum absolute atomic E-state index is 10.7. The summed E-state index contributed by atoms with van der Waals surface area (Å²) in [5.74, 6) is 0.836. The van der Waals surface area contributed by atoms with Crippen molar-refractivity contribution in [2.75, 3.05) is 13.7 Å². The van der Waals surface area contributed by atoms with Crippen LogP contribution in [0.4, 0.5) is 0 Å². The number of allylic oxidation sites excluding steroid dienone is 4. The minimum atomic E-state index is 0.503. The van der Waals surface area contributed by atoms with Gasteiger partial charge in [0.25, 0.3) is 0 Å². The first-order valence-electron chi connectivity index (χ1n) is 6.42. The molecule has 0 amide bonds. The molecule has 0 saturated heterocycles. The molecule has 0 atom stereocenters. The van der Waals surface area contributed by atoms with E-state index >= 15 is 0 Å². The van der Waals surface area contributed by atoms with E-state index in [1.165, 1.54) is 0 Å². The molecular formula is C17H20O3. The predicted octanol–water partition coefficient (Wildman–Crippen LogP) is 3.47. The third kappa shape index (κ3) is 6.16. The van der Waals surface area contributed by atoms with Gasteiger partial charge in [-0.1, -0.05) is 36.4 Å². The van der Waals surface area contributed by atoms with E-state index in [0.29, 0.717) is 25.2 Å². The molecule has 0 aliphatic heterocycles. The molecule has 3 heteroatoms. The fraction of sp³-hybridized carbons (Fsp3) is 0.235. The highest BCUT2D eigenvalue weighted by Crippen LogP contribution is 2.11. The highest BCUT2D eigenvalue weighted by molar-refractivity contribution is 5.74. The summed E-state index contributed by atoms with van der Waals surface area (Å²) in [7, 11) is 1.64. The zero-order chi connectivity index (χ0) is 14.6. The quantitative estimate of drug-likeness (QED) is 0.227. The highest BCUT2D eigenvalue weighted by atomic mass is 16.5. The minimum absolute atomic E-state index is 0.503. The van der Waals surface area contributed by atoms with E-state index in [-0.39, 0.29) is 0 Å². The lowest BCUT2D eigenvalue weighted by Crippen LogP contribution is -1.93. The van der Waals surface area contributed by atoms with Crippen LogP contribution in [0.1, 0.15) is 12.0 Å². The number of carbonyl (C=O) groups excluding carboxylic acids is 1. The van der Waals surface area contributed by atoms with Crippen molar-refractivity contribution < 1.29 is 14.3 Å². The first-order valence-corrected chi connectivity index (χ1v) is 6.42. The number of benzene rings is 1. The van der Waals surface area contributed by atoms with Crippen molar-refractivity contribution in [3.05, 3.63) is 66.3 Å². The van der Waals surface area contributed by atoms with Crippen LogP contribution in [-0.2, 0) is 16.1 Å². The van der Waals surface area contributed by atoms with E-state index in [2.05, 4.69) is 6.58 Å². The summed E-state index contributed by atoms with van der Waals surface area (Å²) in [6.45, 7) is 4.64. The zero-order valence-electron chi connectivity index (χ0n) is 11.7. The molecule has 0 aliphatic rings. The van der Waals surface area contributed by atoms with Crippen LogP contribution < -0.4 is 4.74 Å². The van der Waals surface area contributed by atoms with Gasteiger partial charge in [0.05, 0.1) is 20.3 Å². The number of hydrogen-bond acceptors (Lipinski definition) is 3. The molecule has 3 nitrogen and oxygen atoms in total. The van der Waals surface area contributed by atoms with E-state index in [0.717, 1.165) is 17.6 Å². The van der Waals surface area contributed by atoms with E-state index in [1.807, 2.05) is 36.4 Å². The smallest absolute Gasteiger partial charge is 0.146 e. The number of hydrogen-bond donors (Lipinski definition) is 0. The molecule has 0 saturated carbocycles. The van der Waals surface area contributed by atoms with Crippen molar-refractivity contribution >= 4 is 6.29 Å². The lowest BCUT2D eigenvalue weighted by Gasteiger charge is -2.03. The van der Waals surface area contributed by atoms with Crippen molar-refractivity contribution in [1.82, 2.24) is 0 Å². The molecule has 0 aromatic heterocycles. The molecule has 0 radical (unpaired) electrons. The van der Waals surface area contributed by atoms with Crippen molar-refractivity contribution in [1.29, 1.82) is 0 Å². The Labute approximate surface area is 120 Å². The van der Waals surface area contributed by atoms with Crippen LogP contribution in [0.15, 0.2) is 60.7 Å². The molecule has 1 rings (SSSR count). The SMILES string of the molecule is C=CC/C(C=O)=C/C=C/COCc1ccc(OC)cc1. The second-order valence-corrected chi connectivity index (χ2v) is 4.14. The molecule has 0 heterocycles. The molecule has 1 aromatic carbocycles.